The Labute approximate surface area is 256 Å². The third-order valence-electron chi connectivity index (χ3n) is 10.4. The molecule has 1 unspecified atom stereocenters. The van der Waals surface area contributed by atoms with Crippen LogP contribution in [0.3, 0.4) is 0 Å². The summed E-state index contributed by atoms with van der Waals surface area (Å²) in [6.45, 7) is 8.49. The molecule has 0 radical (unpaired) electrons. The zero-order chi connectivity index (χ0) is 29.1. The normalized spacial score (nSPS) is 20.7. The highest BCUT2D eigenvalue weighted by Crippen LogP contribution is 2.60. The summed E-state index contributed by atoms with van der Waals surface area (Å²) in [5.41, 5.74) is 10.1. The fourth-order valence-corrected chi connectivity index (χ4v) is 8.75. The molecule has 1 fully saturated rings. The van der Waals surface area contributed by atoms with E-state index >= 15 is 0 Å². The van der Waals surface area contributed by atoms with Crippen LogP contribution in [0.5, 0.6) is 0 Å². The molecule has 0 bridgehead atoms. The van der Waals surface area contributed by atoms with Gasteiger partial charge in [-0.2, -0.15) is 0 Å². The molecule has 1 saturated heterocycles. The molecule has 4 heteroatoms. The molecule has 2 heterocycles. The first-order valence-electron chi connectivity index (χ1n) is 15.1. The smallest absolute Gasteiger partial charge is 0.399 e. The summed E-state index contributed by atoms with van der Waals surface area (Å²) in [5, 5.41) is 2.69. The SMILES string of the molecule is CC1(C)OB(c2ccc3c(c2)C2(c4ccccc4C=C3)c3ccccc3-c3c2ccc2sc4ccccc4c32)OC1(C)C. The van der Waals surface area contributed by atoms with E-state index in [1.54, 1.807) is 0 Å². The van der Waals surface area contributed by atoms with Crippen LogP contribution < -0.4 is 5.46 Å². The zero-order valence-corrected chi connectivity index (χ0v) is 25.6. The molecule has 208 valence electrons. The van der Waals surface area contributed by atoms with Gasteiger partial charge >= 0.3 is 7.12 Å². The van der Waals surface area contributed by atoms with Gasteiger partial charge in [0.25, 0.3) is 0 Å². The maximum atomic E-state index is 6.59. The summed E-state index contributed by atoms with van der Waals surface area (Å²) in [6, 6.07) is 38.4. The van der Waals surface area contributed by atoms with Crippen molar-refractivity contribution in [2.45, 2.75) is 44.3 Å². The first kappa shape index (κ1) is 25.5. The predicted molar refractivity (Wildman–Crippen MR) is 181 cm³/mol. The highest BCUT2D eigenvalue weighted by atomic mass is 32.1. The van der Waals surface area contributed by atoms with Crippen LogP contribution in [0.25, 0.3) is 43.5 Å². The molecule has 1 aromatic heterocycles. The van der Waals surface area contributed by atoms with Gasteiger partial charge in [0.05, 0.1) is 16.6 Å². The summed E-state index contributed by atoms with van der Waals surface area (Å²) in [4.78, 5) is 0. The molecule has 0 amide bonds. The third-order valence-corrected chi connectivity index (χ3v) is 11.5. The van der Waals surface area contributed by atoms with E-state index in [0.29, 0.717) is 0 Å². The van der Waals surface area contributed by atoms with Crippen LogP contribution in [0, 0.1) is 0 Å². The van der Waals surface area contributed by atoms with Gasteiger partial charge in [-0.25, -0.2) is 0 Å². The Morgan fingerprint density at radius 1 is 0.581 bits per heavy atom. The second-order valence-electron chi connectivity index (χ2n) is 13.1. The lowest BCUT2D eigenvalue weighted by molar-refractivity contribution is 0.00578. The molecule has 1 aliphatic heterocycles. The molecule has 5 aromatic carbocycles. The maximum Gasteiger partial charge on any atom is 0.494 e. The molecule has 0 saturated carbocycles. The van der Waals surface area contributed by atoms with Gasteiger partial charge in [-0.15, -0.1) is 11.3 Å². The summed E-state index contributed by atoms with van der Waals surface area (Å²) < 4.78 is 15.8. The number of rotatable bonds is 1. The Balaban J connectivity index is 1.42. The van der Waals surface area contributed by atoms with Gasteiger partial charge in [0.15, 0.2) is 0 Å². The van der Waals surface area contributed by atoms with Crippen LogP contribution in [0.1, 0.15) is 61.1 Å². The quantitative estimate of drug-likeness (QED) is 0.182. The number of thiophene rings is 1. The number of hydrogen-bond donors (Lipinski definition) is 0. The number of benzene rings is 5. The van der Waals surface area contributed by atoms with E-state index in [4.69, 9.17) is 9.31 Å². The van der Waals surface area contributed by atoms with E-state index in [0.717, 1.165) is 5.46 Å². The average molecular weight is 575 g/mol. The van der Waals surface area contributed by atoms with Gasteiger partial charge in [-0.05, 0) is 89.8 Å². The maximum absolute atomic E-state index is 6.59. The fourth-order valence-electron chi connectivity index (χ4n) is 7.64. The van der Waals surface area contributed by atoms with E-state index < -0.39 is 23.7 Å². The van der Waals surface area contributed by atoms with Gasteiger partial charge in [-0.3, -0.25) is 0 Å². The van der Waals surface area contributed by atoms with Crippen LogP contribution >= 0.6 is 11.3 Å². The second kappa shape index (κ2) is 8.57. The van der Waals surface area contributed by atoms with Crippen molar-refractivity contribution in [3.63, 3.8) is 0 Å². The summed E-state index contributed by atoms with van der Waals surface area (Å²) in [5.74, 6) is 0. The molecule has 43 heavy (non-hydrogen) atoms. The average Bonchev–Trinajstić information content (AvgIpc) is 3.56. The molecule has 3 aliphatic rings. The van der Waals surface area contributed by atoms with Crippen molar-refractivity contribution in [3.8, 4) is 11.1 Å². The third kappa shape index (κ3) is 3.26. The van der Waals surface area contributed by atoms with E-state index in [2.05, 4.69) is 143 Å². The molecule has 6 aromatic rings. The van der Waals surface area contributed by atoms with E-state index in [1.807, 2.05) is 11.3 Å². The Morgan fingerprint density at radius 2 is 1.26 bits per heavy atom. The number of hydrogen-bond acceptors (Lipinski definition) is 3. The van der Waals surface area contributed by atoms with E-state index in [-0.39, 0.29) is 0 Å². The van der Waals surface area contributed by atoms with Crippen molar-refractivity contribution in [2.24, 2.45) is 0 Å². The molecule has 0 N–H and O–H groups in total. The van der Waals surface area contributed by atoms with Crippen molar-refractivity contribution in [1.29, 1.82) is 0 Å². The fraction of sp³-hybridized carbons (Fsp3) is 0.179. The molecular formula is C39H31BO2S. The lowest BCUT2D eigenvalue weighted by Gasteiger charge is -2.35. The van der Waals surface area contributed by atoms with Crippen molar-refractivity contribution in [1.82, 2.24) is 0 Å². The molecular weight excluding hydrogens is 543 g/mol. The monoisotopic (exact) mass is 574 g/mol. The number of fused-ring (bicyclic) bond motifs is 13. The van der Waals surface area contributed by atoms with E-state index in [1.165, 1.54) is 64.7 Å². The van der Waals surface area contributed by atoms with Crippen molar-refractivity contribution in [2.75, 3.05) is 0 Å². The highest BCUT2D eigenvalue weighted by molar-refractivity contribution is 7.26. The Kier molecular flexibility index (Phi) is 5.09. The van der Waals surface area contributed by atoms with E-state index in [9.17, 15) is 0 Å². The van der Waals surface area contributed by atoms with Crippen molar-refractivity contribution >= 4 is 56.2 Å². The minimum Gasteiger partial charge on any atom is -0.399 e. The van der Waals surface area contributed by atoms with Crippen LogP contribution in [-0.2, 0) is 14.7 Å². The molecule has 1 spiro atoms. The first-order valence-corrected chi connectivity index (χ1v) is 15.9. The molecule has 1 atom stereocenters. The van der Waals surface area contributed by atoms with Crippen LogP contribution in [0.2, 0.25) is 0 Å². The predicted octanol–water partition coefficient (Wildman–Crippen LogP) is 9.20. The highest BCUT2D eigenvalue weighted by Gasteiger charge is 2.53. The van der Waals surface area contributed by atoms with Crippen LogP contribution in [-0.4, -0.2) is 18.3 Å². The summed E-state index contributed by atoms with van der Waals surface area (Å²) >= 11 is 1.89. The van der Waals surface area contributed by atoms with Gasteiger partial charge in [-0.1, -0.05) is 103 Å². The van der Waals surface area contributed by atoms with Crippen molar-refractivity contribution < 1.29 is 9.31 Å². The summed E-state index contributed by atoms with van der Waals surface area (Å²) in [7, 11) is -0.436. The summed E-state index contributed by atoms with van der Waals surface area (Å²) in [6.07, 6.45) is 4.58. The largest absolute Gasteiger partial charge is 0.494 e. The zero-order valence-electron chi connectivity index (χ0n) is 24.8. The first-order chi connectivity index (χ1) is 20.8. The van der Waals surface area contributed by atoms with Crippen LogP contribution in [0.4, 0.5) is 0 Å². The minimum atomic E-state index is -0.502. The van der Waals surface area contributed by atoms with Crippen molar-refractivity contribution in [3.05, 3.63) is 137 Å². The Morgan fingerprint density at radius 3 is 2.07 bits per heavy atom. The van der Waals surface area contributed by atoms with Crippen LogP contribution in [0.15, 0.2) is 103 Å². The molecule has 2 nitrogen and oxygen atoms in total. The van der Waals surface area contributed by atoms with Gasteiger partial charge < -0.3 is 9.31 Å². The minimum absolute atomic E-state index is 0.410. The molecule has 2 aliphatic carbocycles. The lowest BCUT2D eigenvalue weighted by Crippen LogP contribution is -2.41. The topological polar surface area (TPSA) is 18.5 Å². The van der Waals surface area contributed by atoms with Gasteiger partial charge in [0.2, 0.25) is 0 Å². The standard InChI is InChI=1S/C39H31BO2S/c1-37(2)38(3,4)42-40(41-37)26-20-19-25-18-17-24-11-5-8-14-29(24)39(32(25)23-26)30-15-9-6-12-27(30)35-31(39)21-22-34-36(35)28-13-7-10-16-33(28)43-34/h5-23H,1-4H3. The Hall–Kier alpha value is -3.96. The van der Waals surface area contributed by atoms with Gasteiger partial charge in [0, 0.05) is 20.2 Å². The second-order valence-corrected chi connectivity index (χ2v) is 14.2. The van der Waals surface area contributed by atoms with Gasteiger partial charge in [0.1, 0.15) is 0 Å². The molecule has 9 rings (SSSR count). The lowest BCUT2D eigenvalue weighted by atomic mass is 9.64. The Bertz CT molecular complexity index is 2150.